The summed E-state index contributed by atoms with van der Waals surface area (Å²) in [4.78, 5) is 32.8. The van der Waals surface area contributed by atoms with E-state index in [0.29, 0.717) is 0 Å². The van der Waals surface area contributed by atoms with Gasteiger partial charge < -0.3 is 14.8 Å². The molecule has 0 fully saturated rings. The third-order valence-corrected chi connectivity index (χ3v) is 2.59. The number of amides is 1. The molecule has 0 aliphatic carbocycles. The van der Waals surface area contributed by atoms with Gasteiger partial charge >= 0.3 is 11.9 Å². The van der Waals surface area contributed by atoms with E-state index < -0.39 is 28.4 Å². The first-order valence-corrected chi connectivity index (χ1v) is 6.03. The predicted octanol–water partition coefficient (Wildman–Crippen LogP) is 2.04. The molecule has 0 aliphatic heterocycles. The zero-order valence-electron chi connectivity index (χ0n) is 11.1. The molecule has 2 N–H and O–H groups in total. The Labute approximate surface area is 123 Å². The molecule has 8 heteroatoms. The second-order valence-electron chi connectivity index (χ2n) is 4.12. The van der Waals surface area contributed by atoms with Crippen molar-refractivity contribution >= 4 is 23.8 Å². The van der Waals surface area contributed by atoms with Crippen molar-refractivity contribution in [2.75, 3.05) is 0 Å². The highest BCUT2D eigenvalue weighted by atomic mass is 16.6. The fraction of sp³-hybridized carbons (Fsp3) is 0. The summed E-state index contributed by atoms with van der Waals surface area (Å²) in [5.41, 5.74) is -0.182. The monoisotopic (exact) mass is 302 g/mol. The second-order valence-corrected chi connectivity index (χ2v) is 4.12. The van der Waals surface area contributed by atoms with E-state index in [1.54, 1.807) is 18.2 Å². The molecular formula is C14H10N2O6. The molecule has 0 unspecified atom stereocenters. The lowest BCUT2D eigenvalue weighted by molar-refractivity contribution is -0.402. The highest BCUT2D eigenvalue weighted by Gasteiger charge is 2.16. The number of carboxylic acids is 1. The summed E-state index contributed by atoms with van der Waals surface area (Å²) in [5.74, 6) is -2.60. The summed E-state index contributed by atoms with van der Waals surface area (Å²) >= 11 is 0. The molecule has 0 saturated heterocycles. The van der Waals surface area contributed by atoms with E-state index in [1.165, 1.54) is 18.2 Å². The van der Waals surface area contributed by atoms with Crippen molar-refractivity contribution < 1.29 is 24.0 Å². The van der Waals surface area contributed by atoms with Crippen LogP contribution in [0.25, 0.3) is 6.08 Å². The molecule has 8 nitrogen and oxygen atoms in total. The van der Waals surface area contributed by atoms with Gasteiger partial charge in [-0.25, -0.2) is 4.79 Å². The molecule has 1 amide bonds. The highest BCUT2D eigenvalue weighted by molar-refractivity contribution is 6.02. The van der Waals surface area contributed by atoms with Gasteiger partial charge in [0.1, 0.15) is 16.4 Å². The SMILES string of the molecule is O=C(O)/C(=C\c1ccc([N+](=O)[O-])o1)NC(=O)c1ccccc1. The Morgan fingerprint density at radius 2 is 1.86 bits per heavy atom. The standard InChI is InChI=1S/C14H10N2O6/c17-13(9-4-2-1-3-5-9)15-11(14(18)19)8-10-6-7-12(22-10)16(20)21/h1-8H,(H,15,17)(H,18,19)/b11-8+. The Kier molecular flexibility index (Phi) is 4.33. The zero-order chi connectivity index (χ0) is 16.1. The van der Waals surface area contributed by atoms with Crippen molar-refractivity contribution in [3.05, 3.63) is 69.6 Å². The number of carbonyl (C=O) groups is 2. The normalized spacial score (nSPS) is 11.0. The number of carbonyl (C=O) groups excluding carboxylic acids is 1. The van der Waals surface area contributed by atoms with E-state index in [4.69, 9.17) is 9.52 Å². The van der Waals surface area contributed by atoms with Crippen LogP contribution < -0.4 is 5.32 Å². The van der Waals surface area contributed by atoms with Crippen molar-refractivity contribution in [1.29, 1.82) is 0 Å². The van der Waals surface area contributed by atoms with Crippen molar-refractivity contribution in [1.82, 2.24) is 5.32 Å². The van der Waals surface area contributed by atoms with Crippen molar-refractivity contribution in [3.63, 3.8) is 0 Å². The largest absolute Gasteiger partial charge is 0.477 e. The summed E-state index contributed by atoms with van der Waals surface area (Å²) < 4.78 is 4.82. The predicted molar refractivity (Wildman–Crippen MR) is 74.9 cm³/mol. The van der Waals surface area contributed by atoms with E-state index in [2.05, 4.69) is 5.32 Å². The Morgan fingerprint density at radius 3 is 2.41 bits per heavy atom. The second kappa shape index (κ2) is 6.35. The minimum atomic E-state index is -1.40. The summed E-state index contributed by atoms with van der Waals surface area (Å²) in [6.07, 6.45) is 0.996. The van der Waals surface area contributed by atoms with Gasteiger partial charge in [0.15, 0.2) is 0 Å². The van der Waals surface area contributed by atoms with E-state index in [-0.39, 0.29) is 11.3 Å². The molecule has 1 heterocycles. The van der Waals surface area contributed by atoms with Crippen LogP contribution in [0, 0.1) is 10.1 Å². The number of benzene rings is 1. The molecular weight excluding hydrogens is 292 g/mol. The van der Waals surface area contributed by atoms with Crippen LogP contribution >= 0.6 is 0 Å². The molecule has 1 aromatic carbocycles. The molecule has 1 aromatic heterocycles. The van der Waals surface area contributed by atoms with Gasteiger partial charge in [-0.1, -0.05) is 18.2 Å². The smallest absolute Gasteiger partial charge is 0.433 e. The maximum atomic E-state index is 11.9. The topological polar surface area (TPSA) is 123 Å². The van der Waals surface area contributed by atoms with Gasteiger partial charge in [-0.2, -0.15) is 0 Å². The van der Waals surface area contributed by atoms with Crippen LogP contribution in [-0.4, -0.2) is 21.9 Å². The van der Waals surface area contributed by atoms with Crippen molar-refractivity contribution in [2.45, 2.75) is 0 Å². The molecule has 0 aliphatic rings. The summed E-state index contributed by atoms with van der Waals surface area (Å²) in [5, 5.41) is 21.8. The third kappa shape index (κ3) is 3.57. The van der Waals surface area contributed by atoms with Gasteiger partial charge in [0.2, 0.25) is 0 Å². The van der Waals surface area contributed by atoms with E-state index >= 15 is 0 Å². The zero-order valence-corrected chi connectivity index (χ0v) is 11.1. The number of hydrogen-bond donors (Lipinski definition) is 2. The molecule has 0 spiro atoms. The lowest BCUT2D eigenvalue weighted by Gasteiger charge is -2.05. The summed E-state index contributed by atoms with van der Waals surface area (Å²) in [7, 11) is 0. The van der Waals surface area contributed by atoms with Gasteiger partial charge in [-0.05, 0) is 18.2 Å². The molecule has 2 rings (SSSR count). The number of carboxylic acid groups (broad SMARTS) is 1. The average Bonchev–Trinajstić information content (AvgIpc) is 2.96. The van der Waals surface area contributed by atoms with E-state index in [1.807, 2.05) is 0 Å². The van der Waals surface area contributed by atoms with E-state index in [9.17, 15) is 19.7 Å². The Morgan fingerprint density at radius 1 is 1.18 bits per heavy atom. The van der Waals surface area contributed by atoms with Crippen LogP contribution in [0.4, 0.5) is 5.88 Å². The lowest BCUT2D eigenvalue weighted by atomic mass is 10.2. The van der Waals surface area contributed by atoms with E-state index in [0.717, 1.165) is 12.1 Å². The van der Waals surface area contributed by atoms with Crippen LogP contribution in [0.5, 0.6) is 0 Å². The first kappa shape index (κ1) is 15.0. The van der Waals surface area contributed by atoms with Gasteiger partial charge in [-0.3, -0.25) is 14.9 Å². The molecule has 0 saturated carbocycles. The summed E-state index contributed by atoms with van der Waals surface area (Å²) in [6.45, 7) is 0. The quantitative estimate of drug-likeness (QED) is 0.495. The van der Waals surface area contributed by atoms with Crippen molar-refractivity contribution in [3.8, 4) is 0 Å². The van der Waals surface area contributed by atoms with Gasteiger partial charge in [0.05, 0.1) is 6.07 Å². The minimum Gasteiger partial charge on any atom is -0.477 e. The number of nitro groups is 1. The molecule has 0 bridgehead atoms. The number of rotatable bonds is 5. The molecule has 112 valence electrons. The van der Waals surface area contributed by atoms with Gasteiger partial charge in [0.25, 0.3) is 5.91 Å². The molecule has 0 radical (unpaired) electrons. The fourth-order valence-electron chi connectivity index (χ4n) is 1.60. The number of furan rings is 1. The first-order valence-electron chi connectivity index (χ1n) is 6.03. The highest BCUT2D eigenvalue weighted by Crippen LogP contribution is 2.17. The maximum Gasteiger partial charge on any atom is 0.433 e. The van der Waals surface area contributed by atoms with Crippen LogP contribution in [0.1, 0.15) is 16.1 Å². The number of hydrogen-bond acceptors (Lipinski definition) is 5. The van der Waals surface area contributed by atoms with Gasteiger partial charge in [0, 0.05) is 11.6 Å². The van der Waals surface area contributed by atoms with Crippen LogP contribution in [0.2, 0.25) is 0 Å². The fourth-order valence-corrected chi connectivity index (χ4v) is 1.60. The van der Waals surface area contributed by atoms with Crippen molar-refractivity contribution in [2.24, 2.45) is 0 Å². The Hall–Kier alpha value is -3.42. The first-order chi connectivity index (χ1) is 10.5. The third-order valence-electron chi connectivity index (χ3n) is 2.59. The minimum absolute atomic E-state index is 0.0579. The average molecular weight is 302 g/mol. The number of nitrogens with one attached hydrogen (secondary N) is 1. The number of nitrogens with zero attached hydrogens (tertiary/aromatic N) is 1. The lowest BCUT2D eigenvalue weighted by Crippen LogP contribution is -2.27. The number of aliphatic carboxylic acids is 1. The summed E-state index contributed by atoms with van der Waals surface area (Å²) in [6, 6.07) is 10.3. The Balaban J connectivity index is 2.22. The molecule has 2 aromatic rings. The molecule has 22 heavy (non-hydrogen) atoms. The van der Waals surface area contributed by atoms with Crippen LogP contribution in [0.15, 0.2) is 52.6 Å². The van der Waals surface area contributed by atoms with Crippen LogP contribution in [0.3, 0.4) is 0 Å². The maximum absolute atomic E-state index is 11.9. The van der Waals surface area contributed by atoms with Crippen LogP contribution in [-0.2, 0) is 4.79 Å². The van der Waals surface area contributed by atoms with Gasteiger partial charge in [-0.15, -0.1) is 0 Å². The molecule has 0 atom stereocenters. The Bertz CT molecular complexity index is 748.